The number of anilines is 1. The highest BCUT2D eigenvalue weighted by atomic mass is 35.5. The van der Waals surface area contributed by atoms with Gasteiger partial charge in [0.15, 0.2) is 12.7 Å². The Morgan fingerprint density at radius 3 is 2.54 bits per heavy atom. The van der Waals surface area contributed by atoms with Crippen LogP contribution in [0, 0.1) is 6.92 Å². The molecule has 0 saturated heterocycles. The third-order valence-corrected chi connectivity index (χ3v) is 3.80. The molecule has 9 heteroatoms. The first-order valence-corrected chi connectivity index (χ1v) is 8.50. The predicted molar refractivity (Wildman–Crippen MR) is 97.3 cm³/mol. The van der Waals surface area contributed by atoms with Gasteiger partial charge in [-0.05, 0) is 49.7 Å². The van der Waals surface area contributed by atoms with Gasteiger partial charge in [0.25, 0.3) is 5.91 Å². The van der Waals surface area contributed by atoms with Crippen molar-refractivity contribution in [3.8, 4) is 5.75 Å². The summed E-state index contributed by atoms with van der Waals surface area (Å²) in [5.41, 5.74) is -0.655. The molecule has 0 spiro atoms. The summed E-state index contributed by atoms with van der Waals surface area (Å²) in [5, 5.41) is 1.97. The number of carbonyl (C=O) groups is 2. The number of hydrogen-bond donors (Lipinski definition) is 1. The minimum atomic E-state index is -4.71. The van der Waals surface area contributed by atoms with Gasteiger partial charge >= 0.3 is 12.1 Å². The smallest absolute Gasteiger partial charge is 0.418 e. The highest BCUT2D eigenvalue weighted by molar-refractivity contribution is 6.30. The maximum atomic E-state index is 13.1. The van der Waals surface area contributed by atoms with E-state index in [-0.39, 0.29) is 5.02 Å². The zero-order valence-corrected chi connectivity index (χ0v) is 15.7. The topological polar surface area (TPSA) is 64.6 Å². The average Bonchev–Trinajstić information content (AvgIpc) is 2.60. The molecule has 0 aliphatic heterocycles. The Bertz CT molecular complexity index is 870. The fourth-order valence-electron chi connectivity index (χ4n) is 2.23. The van der Waals surface area contributed by atoms with Gasteiger partial charge in [-0.15, -0.1) is 0 Å². The molecule has 0 saturated carbocycles. The van der Waals surface area contributed by atoms with Crippen LogP contribution in [-0.4, -0.2) is 24.6 Å². The van der Waals surface area contributed by atoms with Crippen molar-refractivity contribution in [3.05, 3.63) is 58.6 Å². The molecule has 1 N–H and O–H groups in total. The number of hydrogen-bond acceptors (Lipinski definition) is 4. The molecule has 1 unspecified atom stereocenters. The number of ether oxygens (including phenoxy) is 2. The molecule has 0 aliphatic rings. The minimum absolute atomic E-state index is 0.127. The van der Waals surface area contributed by atoms with E-state index in [0.29, 0.717) is 11.8 Å². The van der Waals surface area contributed by atoms with Crippen LogP contribution >= 0.6 is 11.6 Å². The van der Waals surface area contributed by atoms with Crippen LogP contribution < -0.4 is 10.1 Å². The van der Waals surface area contributed by atoms with Gasteiger partial charge in [0.2, 0.25) is 0 Å². The van der Waals surface area contributed by atoms with E-state index < -0.39 is 42.0 Å². The summed E-state index contributed by atoms with van der Waals surface area (Å²) in [6.07, 6.45) is -6.04. The van der Waals surface area contributed by atoms with E-state index >= 15 is 0 Å². The third kappa shape index (κ3) is 6.16. The predicted octanol–water partition coefficient (Wildman–Crippen LogP) is 4.62. The molecular weight excluding hydrogens is 399 g/mol. The number of alkyl halides is 3. The van der Waals surface area contributed by atoms with E-state index in [9.17, 15) is 22.8 Å². The Labute approximate surface area is 164 Å². The van der Waals surface area contributed by atoms with Gasteiger partial charge in [-0.2, -0.15) is 13.2 Å². The van der Waals surface area contributed by atoms with Crippen molar-refractivity contribution < 1.29 is 32.2 Å². The van der Waals surface area contributed by atoms with E-state index in [1.807, 2.05) is 13.0 Å². The van der Waals surface area contributed by atoms with Crippen LogP contribution in [0.3, 0.4) is 0 Å². The first-order valence-electron chi connectivity index (χ1n) is 8.13. The fraction of sp³-hybridized carbons (Fsp3) is 0.263. The molecule has 0 aliphatic carbocycles. The van der Waals surface area contributed by atoms with Gasteiger partial charge in [0.05, 0.1) is 11.3 Å². The van der Waals surface area contributed by atoms with Crippen LogP contribution in [0.5, 0.6) is 5.75 Å². The Morgan fingerprint density at radius 2 is 1.89 bits per heavy atom. The Balaban J connectivity index is 1.95. The number of rotatable bonds is 6. The summed E-state index contributed by atoms with van der Waals surface area (Å²) in [4.78, 5) is 23.9. The summed E-state index contributed by atoms with van der Waals surface area (Å²) >= 11 is 5.59. The van der Waals surface area contributed by atoms with Gasteiger partial charge in [-0.25, -0.2) is 4.79 Å². The van der Waals surface area contributed by atoms with Crippen molar-refractivity contribution in [3.63, 3.8) is 0 Å². The molecule has 0 heterocycles. The van der Waals surface area contributed by atoms with Crippen molar-refractivity contribution in [1.82, 2.24) is 0 Å². The Morgan fingerprint density at radius 1 is 1.18 bits per heavy atom. The molecule has 1 atom stereocenters. The van der Waals surface area contributed by atoms with Crippen molar-refractivity contribution in [2.75, 3.05) is 11.9 Å². The minimum Gasteiger partial charge on any atom is -0.482 e. The number of carbonyl (C=O) groups excluding carboxylic acids is 2. The molecule has 150 valence electrons. The molecule has 0 aromatic heterocycles. The second kappa shape index (κ2) is 8.97. The maximum absolute atomic E-state index is 13.1. The van der Waals surface area contributed by atoms with Gasteiger partial charge < -0.3 is 14.8 Å². The highest BCUT2D eigenvalue weighted by Crippen LogP contribution is 2.36. The summed E-state index contributed by atoms with van der Waals surface area (Å²) in [6.45, 7) is 2.64. The summed E-state index contributed by atoms with van der Waals surface area (Å²) in [6, 6.07) is 9.89. The van der Waals surface area contributed by atoms with E-state index in [2.05, 4.69) is 5.32 Å². The van der Waals surface area contributed by atoms with Gasteiger partial charge in [0, 0.05) is 5.02 Å². The number of amides is 1. The Kier molecular flexibility index (Phi) is 6.90. The number of halogens is 4. The lowest BCUT2D eigenvalue weighted by Gasteiger charge is -2.17. The van der Waals surface area contributed by atoms with Crippen molar-refractivity contribution in [2.24, 2.45) is 0 Å². The van der Waals surface area contributed by atoms with Crippen LogP contribution in [0.2, 0.25) is 5.02 Å². The fourth-order valence-corrected chi connectivity index (χ4v) is 2.40. The highest BCUT2D eigenvalue weighted by Gasteiger charge is 2.34. The second-order valence-electron chi connectivity index (χ2n) is 5.91. The normalized spacial score (nSPS) is 12.2. The molecule has 0 fully saturated rings. The molecular formula is C19H17ClF3NO4. The van der Waals surface area contributed by atoms with Crippen LogP contribution in [0.1, 0.15) is 18.1 Å². The number of aryl methyl sites for hydroxylation is 1. The van der Waals surface area contributed by atoms with Crippen LogP contribution in [0.4, 0.5) is 18.9 Å². The third-order valence-electron chi connectivity index (χ3n) is 3.57. The second-order valence-corrected chi connectivity index (χ2v) is 6.35. The zero-order valence-electron chi connectivity index (χ0n) is 15.0. The first-order chi connectivity index (χ1) is 13.1. The molecule has 2 aromatic rings. The van der Waals surface area contributed by atoms with Crippen molar-refractivity contribution >= 4 is 29.2 Å². The summed E-state index contributed by atoms with van der Waals surface area (Å²) in [5.74, 6) is -1.31. The lowest BCUT2D eigenvalue weighted by molar-refractivity contribution is -0.155. The SMILES string of the molecule is Cc1cccc(OCC(=O)OC(C)C(=O)Nc2ccc(Cl)cc2C(F)(F)F)c1. The van der Waals surface area contributed by atoms with E-state index in [1.165, 1.54) is 13.0 Å². The van der Waals surface area contributed by atoms with E-state index in [1.54, 1.807) is 18.2 Å². The van der Waals surface area contributed by atoms with Gasteiger partial charge in [-0.3, -0.25) is 4.79 Å². The molecule has 1 amide bonds. The van der Waals surface area contributed by atoms with Crippen LogP contribution in [0.25, 0.3) is 0 Å². The van der Waals surface area contributed by atoms with E-state index in [4.69, 9.17) is 21.1 Å². The summed E-state index contributed by atoms with van der Waals surface area (Å²) in [7, 11) is 0. The standard InChI is InChI=1S/C19H17ClF3NO4/c1-11-4-3-5-14(8-11)27-10-17(25)28-12(2)18(26)24-16-7-6-13(20)9-15(16)19(21,22)23/h3-9,12H,10H2,1-2H3,(H,24,26). The van der Waals surface area contributed by atoms with Crippen LogP contribution in [0.15, 0.2) is 42.5 Å². The monoisotopic (exact) mass is 415 g/mol. The lowest BCUT2D eigenvalue weighted by atomic mass is 10.1. The molecule has 5 nitrogen and oxygen atoms in total. The molecule has 2 aromatic carbocycles. The quantitative estimate of drug-likeness (QED) is 0.699. The van der Waals surface area contributed by atoms with Crippen molar-refractivity contribution in [2.45, 2.75) is 26.1 Å². The van der Waals surface area contributed by atoms with Gasteiger partial charge in [-0.1, -0.05) is 23.7 Å². The maximum Gasteiger partial charge on any atom is 0.418 e. The molecule has 2 rings (SSSR count). The lowest BCUT2D eigenvalue weighted by Crippen LogP contribution is -2.32. The molecule has 0 radical (unpaired) electrons. The summed E-state index contributed by atoms with van der Waals surface area (Å²) < 4.78 is 49.4. The van der Waals surface area contributed by atoms with Gasteiger partial charge in [0.1, 0.15) is 5.75 Å². The van der Waals surface area contributed by atoms with Crippen LogP contribution in [-0.2, 0) is 20.5 Å². The largest absolute Gasteiger partial charge is 0.482 e. The van der Waals surface area contributed by atoms with Crippen molar-refractivity contribution in [1.29, 1.82) is 0 Å². The van der Waals surface area contributed by atoms with E-state index in [0.717, 1.165) is 11.6 Å². The first kappa shape index (κ1) is 21.6. The average molecular weight is 416 g/mol. The Hall–Kier alpha value is -2.74. The number of benzene rings is 2. The number of nitrogens with one attached hydrogen (secondary N) is 1. The number of esters is 1. The zero-order chi connectivity index (χ0) is 20.9. The molecule has 28 heavy (non-hydrogen) atoms. The molecule has 0 bridgehead atoms.